The lowest BCUT2D eigenvalue weighted by Gasteiger charge is -2.19. The van der Waals surface area contributed by atoms with E-state index >= 15 is 0 Å². The van der Waals surface area contributed by atoms with Gasteiger partial charge in [0.15, 0.2) is 11.5 Å². The number of nitrogens with zero attached hydrogens (tertiary/aromatic N) is 1. The number of carbonyl (C=O) groups is 1. The Morgan fingerprint density at radius 2 is 1.86 bits per heavy atom. The van der Waals surface area contributed by atoms with Crippen molar-refractivity contribution in [2.45, 2.75) is 39.0 Å². The highest BCUT2D eigenvalue weighted by Crippen LogP contribution is 2.46. The third-order valence-corrected chi connectivity index (χ3v) is 5.45. The maximum atomic E-state index is 12.4. The minimum Gasteiger partial charge on any atom is -0.493 e. The van der Waals surface area contributed by atoms with Crippen molar-refractivity contribution in [2.75, 3.05) is 53.6 Å². The van der Waals surface area contributed by atoms with Gasteiger partial charge in [-0.25, -0.2) is 0 Å². The molecule has 0 saturated heterocycles. The number of benzene rings is 1. The second-order valence-electron chi connectivity index (χ2n) is 7.25. The lowest BCUT2D eigenvalue weighted by atomic mass is 9.90. The van der Waals surface area contributed by atoms with Crippen LogP contribution in [0.1, 0.15) is 44.6 Å². The van der Waals surface area contributed by atoms with Crippen LogP contribution in [0.25, 0.3) is 0 Å². The van der Waals surface area contributed by atoms with Crippen LogP contribution in [0.3, 0.4) is 0 Å². The van der Waals surface area contributed by atoms with E-state index in [0.29, 0.717) is 43.6 Å². The van der Waals surface area contributed by atoms with Gasteiger partial charge in [0, 0.05) is 19.5 Å². The van der Waals surface area contributed by atoms with E-state index in [9.17, 15) is 4.79 Å². The summed E-state index contributed by atoms with van der Waals surface area (Å²) < 4.78 is 16.4. The largest absolute Gasteiger partial charge is 0.493 e. The van der Waals surface area contributed by atoms with Crippen LogP contribution in [0.5, 0.6) is 11.5 Å². The summed E-state index contributed by atoms with van der Waals surface area (Å²) in [5, 5.41) is 3.00. The van der Waals surface area contributed by atoms with Crippen LogP contribution in [-0.4, -0.2) is 64.4 Å². The molecule has 1 unspecified atom stereocenters. The maximum Gasteiger partial charge on any atom is 0.220 e. The van der Waals surface area contributed by atoms with Crippen molar-refractivity contribution >= 4 is 5.91 Å². The molecule has 1 fully saturated rings. The molecule has 1 N–H and O–H groups in total. The molecule has 0 bridgehead atoms. The Labute approximate surface area is 169 Å². The van der Waals surface area contributed by atoms with E-state index in [1.165, 1.54) is 12.8 Å². The van der Waals surface area contributed by atoms with Gasteiger partial charge < -0.3 is 24.4 Å². The van der Waals surface area contributed by atoms with Gasteiger partial charge in [-0.1, -0.05) is 19.9 Å². The van der Waals surface area contributed by atoms with Crippen molar-refractivity contribution < 1.29 is 19.0 Å². The number of hydrogen-bond acceptors (Lipinski definition) is 5. The molecule has 1 amide bonds. The number of rotatable bonds is 14. The summed E-state index contributed by atoms with van der Waals surface area (Å²) in [7, 11) is 3.27. The monoisotopic (exact) mass is 392 g/mol. The van der Waals surface area contributed by atoms with Gasteiger partial charge in [-0.15, -0.1) is 0 Å². The smallest absolute Gasteiger partial charge is 0.220 e. The highest BCUT2D eigenvalue weighted by atomic mass is 16.5. The molecule has 6 nitrogen and oxygen atoms in total. The molecule has 1 aromatic rings. The molecule has 1 aromatic carbocycles. The number of carbonyl (C=O) groups excluding carboxylic acids is 1. The Kier molecular flexibility index (Phi) is 9.58. The first-order valence-electron chi connectivity index (χ1n) is 10.4. The molecule has 1 aliphatic rings. The standard InChI is InChI=1S/C22H36N2O4/c1-5-24(6-2)12-14-28-13-11-23-22(25)16-19(17-7-8-17)18-9-10-20(26-3)21(15-18)27-4/h9-10,15,17,19H,5-8,11-14,16H2,1-4H3,(H,23,25). The van der Waals surface area contributed by atoms with Gasteiger partial charge in [-0.3, -0.25) is 4.79 Å². The number of amides is 1. The molecule has 0 radical (unpaired) electrons. The van der Waals surface area contributed by atoms with Crippen LogP contribution in [0.2, 0.25) is 0 Å². The molecule has 1 aliphatic carbocycles. The fourth-order valence-corrected chi connectivity index (χ4v) is 3.51. The minimum absolute atomic E-state index is 0.0824. The predicted octanol–water partition coefficient (Wildman–Crippen LogP) is 3.06. The van der Waals surface area contributed by atoms with Crippen molar-refractivity contribution in [3.8, 4) is 11.5 Å². The van der Waals surface area contributed by atoms with Crippen LogP contribution in [-0.2, 0) is 9.53 Å². The Hall–Kier alpha value is -1.79. The van der Waals surface area contributed by atoms with Crippen LogP contribution in [0.4, 0.5) is 0 Å². The summed E-state index contributed by atoms with van der Waals surface area (Å²) in [5.74, 6) is 2.32. The lowest BCUT2D eigenvalue weighted by Crippen LogP contribution is -2.31. The molecule has 0 spiro atoms. The third kappa shape index (κ3) is 6.99. The highest BCUT2D eigenvalue weighted by Gasteiger charge is 2.34. The van der Waals surface area contributed by atoms with Crippen molar-refractivity contribution in [3.63, 3.8) is 0 Å². The zero-order valence-corrected chi connectivity index (χ0v) is 17.8. The lowest BCUT2D eigenvalue weighted by molar-refractivity contribution is -0.121. The van der Waals surface area contributed by atoms with Crippen LogP contribution in [0, 0.1) is 5.92 Å². The highest BCUT2D eigenvalue weighted by molar-refractivity contribution is 5.77. The molecular weight excluding hydrogens is 356 g/mol. The molecule has 28 heavy (non-hydrogen) atoms. The number of nitrogens with one attached hydrogen (secondary N) is 1. The Balaban J connectivity index is 1.77. The fourth-order valence-electron chi connectivity index (χ4n) is 3.51. The topological polar surface area (TPSA) is 60.0 Å². The van der Waals surface area contributed by atoms with Gasteiger partial charge in [-0.2, -0.15) is 0 Å². The second-order valence-corrected chi connectivity index (χ2v) is 7.25. The minimum atomic E-state index is 0.0824. The molecule has 0 heterocycles. The summed E-state index contributed by atoms with van der Waals surface area (Å²) in [6.07, 6.45) is 2.86. The first-order chi connectivity index (χ1) is 13.6. The fraction of sp³-hybridized carbons (Fsp3) is 0.682. The van der Waals surface area contributed by atoms with Gasteiger partial charge >= 0.3 is 0 Å². The zero-order chi connectivity index (χ0) is 20.4. The Morgan fingerprint density at radius 3 is 2.46 bits per heavy atom. The number of likely N-dealkylation sites (N-methyl/N-ethyl adjacent to an activating group) is 1. The average Bonchev–Trinajstić information content (AvgIpc) is 3.56. The SMILES string of the molecule is CCN(CC)CCOCCNC(=O)CC(c1ccc(OC)c(OC)c1)C1CC1. The summed E-state index contributed by atoms with van der Waals surface area (Å²) in [4.78, 5) is 14.8. The van der Waals surface area contributed by atoms with Gasteiger partial charge in [0.25, 0.3) is 0 Å². The molecule has 1 atom stereocenters. The first kappa shape index (κ1) is 22.5. The molecule has 0 aromatic heterocycles. The van der Waals surface area contributed by atoms with E-state index in [1.807, 2.05) is 18.2 Å². The van der Waals surface area contributed by atoms with Gasteiger partial charge in [-0.05, 0) is 55.5 Å². The number of methoxy groups -OCH3 is 2. The quantitative estimate of drug-likeness (QED) is 0.493. The van der Waals surface area contributed by atoms with Gasteiger partial charge in [0.05, 0.1) is 27.4 Å². The van der Waals surface area contributed by atoms with Crippen LogP contribution < -0.4 is 14.8 Å². The van der Waals surface area contributed by atoms with Gasteiger partial charge in [0.1, 0.15) is 0 Å². The molecule has 0 aliphatic heterocycles. The summed E-state index contributed by atoms with van der Waals surface area (Å²) in [6, 6.07) is 5.98. The molecule has 158 valence electrons. The van der Waals surface area contributed by atoms with Crippen LogP contribution >= 0.6 is 0 Å². The Morgan fingerprint density at radius 1 is 1.14 bits per heavy atom. The van der Waals surface area contributed by atoms with Crippen LogP contribution in [0.15, 0.2) is 18.2 Å². The maximum absolute atomic E-state index is 12.4. The molecule has 2 rings (SSSR count). The normalized spacial score (nSPS) is 14.8. The number of ether oxygens (including phenoxy) is 3. The molecular formula is C22H36N2O4. The predicted molar refractivity (Wildman–Crippen MR) is 111 cm³/mol. The van der Waals surface area contributed by atoms with E-state index in [-0.39, 0.29) is 11.8 Å². The van der Waals surface area contributed by atoms with E-state index in [0.717, 1.165) is 25.2 Å². The molecule has 1 saturated carbocycles. The van der Waals surface area contributed by atoms with E-state index in [2.05, 4.69) is 24.1 Å². The summed E-state index contributed by atoms with van der Waals surface area (Å²) in [5.41, 5.74) is 1.14. The van der Waals surface area contributed by atoms with E-state index < -0.39 is 0 Å². The van der Waals surface area contributed by atoms with Crippen molar-refractivity contribution in [2.24, 2.45) is 5.92 Å². The molecule has 6 heteroatoms. The van der Waals surface area contributed by atoms with Crippen molar-refractivity contribution in [1.82, 2.24) is 10.2 Å². The van der Waals surface area contributed by atoms with E-state index in [4.69, 9.17) is 14.2 Å². The first-order valence-corrected chi connectivity index (χ1v) is 10.4. The van der Waals surface area contributed by atoms with Gasteiger partial charge in [0.2, 0.25) is 5.91 Å². The van der Waals surface area contributed by atoms with Crippen molar-refractivity contribution in [1.29, 1.82) is 0 Å². The van der Waals surface area contributed by atoms with Crippen molar-refractivity contribution in [3.05, 3.63) is 23.8 Å². The zero-order valence-electron chi connectivity index (χ0n) is 17.8. The summed E-state index contributed by atoms with van der Waals surface area (Å²) in [6.45, 7) is 9.12. The Bertz CT molecular complexity index is 600. The summed E-state index contributed by atoms with van der Waals surface area (Å²) >= 11 is 0. The second kappa shape index (κ2) is 11.9. The average molecular weight is 393 g/mol. The van der Waals surface area contributed by atoms with E-state index in [1.54, 1.807) is 14.2 Å². The third-order valence-electron chi connectivity index (χ3n) is 5.45. The number of hydrogen-bond donors (Lipinski definition) is 1.